The number of halogens is 4. The molecule has 1 N–H and O–H groups in total. The lowest BCUT2D eigenvalue weighted by molar-refractivity contribution is -0.137. The van der Waals surface area contributed by atoms with Crippen LogP contribution in [0, 0.1) is 5.82 Å². The number of nitrogens with zero attached hydrogens (tertiary/aromatic N) is 3. The van der Waals surface area contributed by atoms with Gasteiger partial charge in [-0.2, -0.15) is 13.2 Å². The molecule has 0 atom stereocenters. The average molecular weight is 557 g/mol. The van der Waals surface area contributed by atoms with Crippen LogP contribution in [0.2, 0.25) is 0 Å². The van der Waals surface area contributed by atoms with Crippen LogP contribution in [0.1, 0.15) is 47.2 Å². The summed E-state index contributed by atoms with van der Waals surface area (Å²) in [5, 5.41) is 3.03. The maximum Gasteiger partial charge on any atom is 0.416 e. The summed E-state index contributed by atoms with van der Waals surface area (Å²) >= 11 is 0. The summed E-state index contributed by atoms with van der Waals surface area (Å²) in [6.07, 6.45) is 1.83. The van der Waals surface area contributed by atoms with E-state index in [0.29, 0.717) is 31.6 Å². The summed E-state index contributed by atoms with van der Waals surface area (Å²) < 4.78 is 59.2. The van der Waals surface area contributed by atoms with Crippen LogP contribution in [0.5, 0.6) is 5.75 Å². The van der Waals surface area contributed by atoms with E-state index in [0.717, 1.165) is 44.6 Å². The molecule has 10 heteroatoms. The van der Waals surface area contributed by atoms with Gasteiger partial charge < -0.3 is 15.0 Å². The molecule has 2 fully saturated rings. The van der Waals surface area contributed by atoms with Crippen molar-refractivity contribution < 1.29 is 27.1 Å². The molecule has 2 aliphatic heterocycles. The molecule has 1 aromatic heterocycles. The fraction of sp³-hybridized carbons (Fsp3) is 0.400. The number of hydrogen-bond donors (Lipinski definition) is 1. The van der Waals surface area contributed by atoms with Crippen molar-refractivity contribution >= 4 is 11.6 Å². The third kappa shape index (κ3) is 7.10. The van der Waals surface area contributed by atoms with Crippen molar-refractivity contribution in [2.75, 3.05) is 31.1 Å². The maximum absolute atomic E-state index is 14.9. The summed E-state index contributed by atoms with van der Waals surface area (Å²) in [6.45, 7) is 3.75. The lowest BCUT2D eigenvalue weighted by Crippen LogP contribution is -2.44. The van der Waals surface area contributed by atoms with Crippen LogP contribution in [0.3, 0.4) is 0 Å². The number of carbonyl (C=O) groups excluding carboxylic acids is 1. The number of hydrogen-bond acceptors (Lipinski definition) is 5. The Kier molecular flexibility index (Phi) is 8.54. The predicted octanol–water partition coefficient (Wildman–Crippen LogP) is 5.68. The van der Waals surface area contributed by atoms with Gasteiger partial charge >= 0.3 is 6.18 Å². The highest BCUT2D eigenvalue weighted by Gasteiger charge is 2.30. The largest absolute Gasteiger partial charge is 0.487 e. The van der Waals surface area contributed by atoms with Crippen LogP contribution in [0.4, 0.5) is 23.2 Å². The number of piperidine rings is 2. The lowest BCUT2D eigenvalue weighted by atomic mass is 10.0. The van der Waals surface area contributed by atoms with Gasteiger partial charge in [0.25, 0.3) is 5.91 Å². The van der Waals surface area contributed by atoms with E-state index in [1.165, 1.54) is 29.8 Å². The first kappa shape index (κ1) is 27.9. The second-order valence-corrected chi connectivity index (χ2v) is 10.4. The highest BCUT2D eigenvalue weighted by atomic mass is 19.4. The number of nitrogens with one attached hydrogen (secondary N) is 1. The summed E-state index contributed by atoms with van der Waals surface area (Å²) in [6, 6.07) is 13.4. The standard InChI is InChI=1S/C30H32F4N4O2/c31-27-19-22(29(39)36-24-9-15-37(16-10-24)20-21-7-13-35-14-8-21)1-6-28(27)40-26-11-17-38(18-12-26)25-4-2-23(3-5-25)30(32,33)34/h1-8,13-14,19,24,26H,9-12,15-18,20H2,(H,36,39). The molecule has 1 amide bonds. The average Bonchev–Trinajstić information content (AvgIpc) is 2.96. The molecule has 0 radical (unpaired) electrons. The second-order valence-electron chi connectivity index (χ2n) is 10.4. The Morgan fingerprint density at radius 3 is 2.23 bits per heavy atom. The zero-order valence-electron chi connectivity index (χ0n) is 22.0. The molecular weight excluding hydrogens is 524 g/mol. The van der Waals surface area contributed by atoms with Crippen LogP contribution in [-0.4, -0.2) is 54.1 Å². The van der Waals surface area contributed by atoms with E-state index < -0.39 is 17.6 Å². The van der Waals surface area contributed by atoms with Crippen molar-refractivity contribution in [1.82, 2.24) is 15.2 Å². The van der Waals surface area contributed by atoms with E-state index in [1.807, 2.05) is 17.0 Å². The number of benzene rings is 2. The fourth-order valence-electron chi connectivity index (χ4n) is 5.26. The van der Waals surface area contributed by atoms with Gasteiger partial charge in [-0.15, -0.1) is 0 Å². The first-order chi connectivity index (χ1) is 19.2. The number of ether oxygens (including phenoxy) is 1. The Bertz CT molecular complexity index is 1270. The lowest BCUT2D eigenvalue weighted by Gasteiger charge is -2.34. The van der Waals surface area contributed by atoms with Gasteiger partial charge in [-0.25, -0.2) is 4.39 Å². The van der Waals surface area contributed by atoms with Crippen molar-refractivity contribution in [3.8, 4) is 5.75 Å². The molecule has 0 spiro atoms. The molecule has 5 rings (SSSR count). The van der Waals surface area contributed by atoms with E-state index in [1.54, 1.807) is 18.5 Å². The van der Waals surface area contributed by atoms with E-state index in [9.17, 15) is 22.4 Å². The van der Waals surface area contributed by atoms with Gasteiger partial charge in [0.15, 0.2) is 11.6 Å². The van der Waals surface area contributed by atoms with Crippen molar-refractivity contribution in [3.63, 3.8) is 0 Å². The SMILES string of the molecule is O=C(NC1CCN(Cc2ccncc2)CC1)c1ccc(OC2CCN(c3ccc(C(F)(F)F)cc3)CC2)c(F)c1. The molecule has 0 saturated carbocycles. The van der Waals surface area contributed by atoms with Gasteiger partial charge in [0, 0.05) is 75.3 Å². The monoisotopic (exact) mass is 556 g/mol. The Morgan fingerprint density at radius 1 is 0.925 bits per heavy atom. The molecule has 40 heavy (non-hydrogen) atoms. The van der Waals surface area contributed by atoms with Gasteiger partial charge in [0.05, 0.1) is 5.56 Å². The quantitative estimate of drug-likeness (QED) is 0.380. The topological polar surface area (TPSA) is 57.7 Å². The summed E-state index contributed by atoms with van der Waals surface area (Å²) in [4.78, 5) is 21.2. The molecule has 2 aliphatic rings. The number of likely N-dealkylation sites (tertiary alicyclic amines) is 1. The van der Waals surface area contributed by atoms with Crippen molar-refractivity contribution in [2.45, 2.75) is 50.6 Å². The Hall–Kier alpha value is -3.66. The maximum atomic E-state index is 14.9. The highest BCUT2D eigenvalue weighted by Crippen LogP contribution is 2.31. The van der Waals surface area contributed by atoms with Crippen molar-refractivity contribution in [2.24, 2.45) is 0 Å². The molecular formula is C30H32F4N4O2. The van der Waals surface area contributed by atoms with E-state index >= 15 is 0 Å². The van der Waals surface area contributed by atoms with E-state index in [4.69, 9.17) is 4.74 Å². The molecule has 6 nitrogen and oxygen atoms in total. The van der Waals surface area contributed by atoms with Crippen LogP contribution in [0.15, 0.2) is 67.0 Å². The number of alkyl halides is 3. The van der Waals surface area contributed by atoms with Gasteiger partial charge in [0.1, 0.15) is 6.10 Å². The number of amides is 1. The van der Waals surface area contributed by atoms with Crippen molar-refractivity contribution in [3.05, 3.63) is 89.5 Å². The van der Waals surface area contributed by atoms with Gasteiger partial charge in [0.2, 0.25) is 0 Å². The third-order valence-corrected chi connectivity index (χ3v) is 7.57. The van der Waals surface area contributed by atoms with E-state index in [-0.39, 0.29) is 29.4 Å². The fourth-order valence-corrected chi connectivity index (χ4v) is 5.26. The number of carbonyl (C=O) groups is 1. The molecule has 2 aromatic carbocycles. The van der Waals surface area contributed by atoms with Gasteiger partial charge in [-0.1, -0.05) is 0 Å². The minimum atomic E-state index is -4.36. The number of pyridine rings is 1. The van der Waals surface area contributed by atoms with Crippen LogP contribution in [0.25, 0.3) is 0 Å². The van der Waals surface area contributed by atoms with E-state index in [2.05, 4.69) is 15.2 Å². The molecule has 212 valence electrons. The molecule has 0 aliphatic carbocycles. The van der Waals surface area contributed by atoms with Crippen LogP contribution >= 0.6 is 0 Å². The first-order valence-electron chi connectivity index (χ1n) is 13.5. The number of anilines is 1. The van der Waals surface area contributed by atoms with Crippen LogP contribution in [-0.2, 0) is 12.7 Å². The summed E-state index contributed by atoms with van der Waals surface area (Å²) in [5.41, 5.74) is 1.50. The second kappa shape index (κ2) is 12.2. The normalized spacial score (nSPS) is 17.6. The molecule has 3 aromatic rings. The Morgan fingerprint density at radius 2 is 1.60 bits per heavy atom. The minimum absolute atomic E-state index is 0.0371. The predicted molar refractivity (Wildman–Crippen MR) is 144 cm³/mol. The third-order valence-electron chi connectivity index (χ3n) is 7.57. The number of aromatic nitrogens is 1. The Labute approximate surface area is 231 Å². The smallest absolute Gasteiger partial charge is 0.416 e. The molecule has 3 heterocycles. The molecule has 2 saturated heterocycles. The number of rotatable bonds is 7. The first-order valence-corrected chi connectivity index (χ1v) is 13.5. The Balaban J connectivity index is 1.07. The zero-order chi connectivity index (χ0) is 28.1. The highest BCUT2D eigenvalue weighted by molar-refractivity contribution is 5.94. The van der Waals surface area contributed by atoms with Crippen LogP contribution < -0.4 is 15.0 Å². The van der Waals surface area contributed by atoms with Crippen molar-refractivity contribution in [1.29, 1.82) is 0 Å². The summed E-state index contributed by atoms with van der Waals surface area (Å²) in [5.74, 6) is -0.804. The zero-order valence-corrected chi connectivity index (χ0v) is 22.0. The van der Waals surface area contributed by atoms with Gasteiger partial charge in [-0.3, -0.25) is 14.7 Å². The molecule has 0 unspecified atom stereocenters. The summed E-state index contributed by atoms with van der Waals surface area (Å²) in [7, 11) is 0. The molecule has 0 bridgehead atoms. The van der Waals surface area contributed by atoms with Gasteiger partial charge in [-0.05, 0) is 73.0 Å². The minimum Gasteiger partial charge on any atom is -0.487 e.